The molecule has 0 amide bonds. The number of hydrogen-bond donors (Lipinski definition) is 1. The molecule has 1 saturated heterocycles. The van der Waals surface area contributed by atoms with E-state index >= 15 is 0 Å². The van der Waals surface area contributed by atoms with Crippen LogP contribution in [-0.4, -0.2) is 48.6 Å². The highest BCUT2D eigenvalue weighted by atomic mass is 15.3. The average Bonchev–Trinajstić information content (AvgIpc) is 2.42. The van der Waals surface area contributed by atoms with Crippen LogP contribution in [0.4, 0.5) is 0 Å². The van der Waals surface area contributed by atoms with Gasteiger partial charge < -0.3 is 10.2 Å². The Balaban J connectivity index is 1.84. The van der Waals surface area contributed by atoms with E-state index in [0.717, 1.165) is 13.1 Å². The summed E-state index contributed by atoms with van der Waals surface area (Å²) in [6.07, 6.45) is 0. The number of rotatable bonds is 5. The van der Waals surface area contributed by atoms with Gasteiger partial charge in [0.15, 0.2) is 0 Å². The van der Waals surface area contributed by atoms with Crippen molar-refractivity contribution in [2.75, 3.05) is 26.7 Å². The first-order chi connectivity index (χ1) is 9.54. The zero-order valence-electron chi connectivity index (χ0n) is 13.4. The predicted octanol–water partition coefficient (Wildman–Crippen LogP) is 2.32. The lowest BCUT2D eigenvalue weighted by Gasteiger charge is -2.37. The van der Waals surface area contributed by atoms with Crippen molar-refractivity contribution in [2.45, 2.75) is 45.9 Å². The number of hydrogen-bond acceptors (Lipinski definition) is 3. The summed E-state index contributed by atoms with van der Waals surface area (Å²) in [7, 11) is 2.22. The molecule has 112 valence electrons. The molecule has 1 aliphatic rings. The van der Waals surface area contributed by atoms with Crippen LogP contribution in [0.3, 0.4) is 0 Å². The SMILES string of the molecule is CC(C)NCc1ccc(CN2CCN(C)C(C)C2)cc1. The Morgan fingerprint density at radius 1 is 1.15 bits per heavy atom. The van der Waals surface area contributed by atoms with Crippen molar-refractivity contribution in [3.05, 3.63) is 35.4 Å². The van der Waals surface area contributed by atoms with Crippen LogP contribution in [0.15, 0.2) is 24.3 Å². The second-order valence-electron chi connectivity index (χ2n) is 6.42. The zero-order chi connectivity index (χ0) is 14.5. The Labute approximate surface area is 124 Å². The van der Waals surface area contributed by atoms with E-state index < -0.39 is 0 Å². The van der Waals surface area contributed by atoms with Crippen LogP contribution in [0.2, 0.25) is 0 Å². The Hall–Kier alpha value is -0.900. The molecule has 2 rings (SSSR count). The Kier molecular flexibility index (Phi) is 5.58. The monoisotopic (exact) mass is 275 g/mol. The fourth-order valence-corrected chi connectivity index (χ4v) is 2.61. The highest BCUT2D eigenvalue weighted by Crippen LogP contribution is 2.12. The van der Waals surface area contributed by atoms with E-state index in [1.165, 1.54) is 30.8 Å². The lowest BCUT2D eigenvalue weighted by atomic mass is 10.1. The van der Waals surface area contributed by atoms with E-state index in [1.807, 2.05) is 0 Å². The number of likely N-dealkylation sites (N-methyl/N-ethyl adjacent to an activating group) is 1. The molecule has 1 atom stereocenters. The summed E-state index contributed by atoms with van der Waals surface area (Å²) >= 11 is 0. The molecule has 20 heavy (non-hydrogen) atoms. The van der Waals surface area contributed by atoms with Crippen LogP contribution in [0, 0.1) is 0 Å². The Morgan fingerprint density at radius 2 is 1.80 bits per heavy atom. The molecule has 1 aliphatic heterocycles. The van der Waals surface area contributed by atoms with Crippen molar-refractivity contribution in [3.63, 3.8) is 0 Å². The standard InChI is InChI=1S/C17H29N3/c1-14(2)18-11-16-5-7-17(8-6-16)13-20-10-9-19(4)15(3)12-20/h5-8,14-15,18H,9-13H2,1-4H3. The molecule has 0 saturated carbocycles. The summed E-state index contributed by atoms with van der Waals surface area (Å²) in [6, 6.07) is 10.3. The lowest BCUT2D eigenvalue weighted by Crippen LogP contribution is -2.49. The third-order valence-electron chi connectivity index (χ3n) is 4.19. The van der Waals surface area contributed by atoms with Gasteiger partial charge in [-0.05, 0) is 25.1 Å². The molecule has 0 aliphatic carbocycles. The summed E-state index contributed by atoms with van der Waals surface area (Å²) in [4.78, 5) is 5.00. The minimum absolute atomic E-state index is 0.543. The van der Waals surface area contributed by atoms with Gasteiger partial charge in [0, 0.05) is 44.8 Å². The van der Waals surface area contributed by atoms with Gasteiger partial charge in [0.1, 0.15) is 0 Å². The zero-order valence-corrected chi connectivity index (χ0v) is 13.4. The molecule has 0 aromatic heterocycles. The van der Waals surface area contributed by atoms with E-state index in [1.54, 1.807) is 0 Å². The van der Waals surface area contributed by atoms with Gasteiger partial charge in [0.2, 0.25) is 0 Å². The van der Waals surface area contributed by atoms with E-state index in [2.05, 4.69) is 67.2 Å². The fraction of sp³-hybridized carbons (Fsp3) is 0.647. The highest BCUT2D eigenvalue weighted by Gasteiger charge is 2.20. The van der Waals surface area contributed by atoms with E-state index in [0.29, 0.717) is 12.1 Å². The highest BCUT2D eigenvalue weighted by molar-refractivity contribution is 5.22. The molecule has 3 heteroatoms. The first-order valence-electron chi connectivity index (χ1n) is 7.78. The predicted molar refractivity (Wildman–Crippen MR) is 85.8 cm³/mol. The Morgan fingerprint density at radius 3 is 2.40 bits per heavy atom. The van der Waals surface area contributed by atoms with Crippen molar-refractivity contribution in [1.82, 2.24) is 15.1 Å². The molecule has 1 heterocycles. The van der Waals surface area contributed by atoms with Gasteiger partial charge in [-0.1, -0.05) is 38.1 Å². The van der Waals surface area contributed by atoms with Crippen LogP contribution < -0.4 is 5.32 Å². The number of nitrogens with one attached hydrogen (secondary N) is 1. The van der Waals surface area contributed by atoms with Gasteiger partial charge in [0.25, 0.3) is 0 Å². The average molecular weight is 275 g/mol. The summed E-state index contributed by atoms with van der Waals surface area (Å²) in [5.74, 6) is 0. The molecule has 1 aromatic carbocycles. The maximum absolute atomic E-state index is 3.46. The summed E-state index contributed by atoms with van der Waals surface area (Å²) in [5, 5.41) is 3.46. The molecule has 0 radical (unpaired) electrons. The fourth-order valence-electron chi connectivity index (χ4n) is 2.61. The van der Waals surface area contributed by atoms with Gasteiger partial charge in [0.05, 0.1) is 0 Å². The van der Waals surface area contributed by atoms with Gasteiger partial charge in [-0.3, -0.25) is 4.90 Å². The largest absolute Gasteiger partial charge is 0.310 e. The van der Waals surface area contributed by atoms with Gasteiger partial charge in [-0.15, -0.1) is 0 Å². The second-order valence-corrected chi connectivity index (χ2v) is 6.42. The summed E-state index contributed by atoms with van der Waals surface area (Å²) in [6.45, 7) is 12.3. The van der Waals surface area contributed by atoms with Crippen molar-refractivity contribution in [1.29, 1.82) is 0 Å². The molecule has 1 fully saturated rings. The van der Waals surface area contributed by atoms with Crippen LogP contribution in [0.25, 0.3) is 0 Å². The Bertz CT molecular complexity index is 399. The van der Waals surface area contributed by atoms with Crippen molar-refractivity contribution in [2.24, 2.45) is 0 Å². The lowest BCUT2D eigenvalue weighted by molar-refractivity contribution is 0.1000. The normalized spacial score (nSPS) is 21.6. The molecular weight excluding hydrogens is 246 g/mol. The smallest absolute Gasteiger partial charge is 0.0234 e. The van der Waals surface area contributed by atoms with E-state index in [9.17, 15) is 0 Å². The molecule has 1 unspecified atom stereocenters. The van der Waals surface area contributed by atoms with Crippen LogP contribution in [0.1, 0.15) is 31.9 Å². The molecule has 1 N–H and O–H groups in total. The number of piperazine rings is 1. The van der Waals surface area contributed by atoms with Crippen LogP contribution in [-0.2, 0) is 13.1 Å². The molecular formula is C17H29N3. The maximum Gasteiger partial charge on any atom is 0.0234 e. The van der Waals surface area contributed by atoms with E-state index in [4.69, 9.17) is 0 Å². The minimum Gasteiger partial charge on any atom is -0.310 e. The first-order valence-corrected chi connectivity index (χ1v) is 7.78. The summed E-state index contributed by atoms with van der Waals surface area (Å²) < 4.78 is 0. The van der Waals surface area contributed by atoms with Crippen LogP contribution in [0.5, 0.6) is 0 Å². The molecule has 0 spiro atoms. The summed E-state index contributed by atoms with van der Waals surface area (Å²) in [5.41, 5.74) is 2.80. The van der Waals surface area contributed by atoms with E-state index in [-0.39, 0.29) is 0 Å². The topological polar surface area (TPSA) is 18.5 Å². The maximum atomic E-state index is 3.46. The first kappa shape index (κ1) is 15.5. The van der Waals surface area contributed by atoms with Gasteiger partial charge in [-0.25, -0.2) is 0 Å². The third kappa shape index (κ3) is 4.58. The number of benzene rings is 1. The molecule has 1 aromatic rings. The number of nitrogens with zero attached hydrogens (tertiary/aromatic N) is 2. The molecule has 0 bridgehead atoms. The van der Waals surface area contributed by atoms with Crippen molar-refractivity contribution in [3.8, 4) is 0 Å². The minimum atomic E-state index is 0.543. The molecule has 3 nitrogen and oxygen atoms in total. The quantitative estimate of drug-likeness (QED) is 0.890. The van der Waals surface area contributed by atoms with Gasteiger partial charge >= 0.3 is 0 Å². The van der Waals surface area contributed by atoms with Crippen molar-refractivity contribution < 1.29 is 0 Å². The van der Waals surface area contributed by atoms with Crippen LogP contribution >= 0.6 is 0 Å². The van der Waals surface area contributed by atoms with Gasteiger partial charge in [-0.2, -0.15) is 0 Å². The third-order valence-corrected chi connectivity index (χ3v) is 4.19. The second kappa shape index (κ2) is 7.21. The van der Waals surface area contributed by atoms with Crippen molar-refractivity contribution >= 4 is 0 Å².